The van der Waals surface area contributed by atoms with E-state index in [2.05, 4.69) is 0 Å². The molecular formula is C9H8Cl2O2. The molecule has 4 heteroatoms. The van der Waals surface area contributed by atoms with Crippen LogP contribution in [0.1, 0.15) is 11.1 Å². The van der Waals surface area contributed by atoms with E-state index in [1.54, 1.807) is 0 Å². The van der Waals surface area contributed by atoms with Crippen LogP contribution in [-0.4, -0.2) is 6.79 Å². The fraction of sp³-hybridized carbons (Fsp3) is 0.333. The van der Waals surface area contributed by atoms with Gasteiger partial charge in [-0.2, -0.15) is 0 Å². The minimum absolute atomic E-state index is 0.275. The molecule has 13 heavy (non-hydrogen) atoms. The highest BCUT2D eigenvalue weighted by atomic mass is 35.5. The average Bonchev–Trinajstić information content (AvgIpc) is 2.18. The van der Waals surface area contributed by atoms with Gasteiger partial charge < -0.3 is 9.47 Å². The number of ether oxygens (including phenoxy) is 2. The average molecular weight is 219 g/mol. The molecule has 0 saturated carbocycles. The Labute approximate surface area is 86.4 Å². The molecule has 0 atom stereocenters. The first kappa shape index (κ1) is 9.13. The highest BCUT2D eigenvalue weighted by Gasteiger charge is 2.16. The summed E-state index contributed by atoms with van der Waals surface area (Å²) < 4.78 is 10.5. The smallest absolute Gasteiger partial charge is 0.189 e. The molecule has 0 fully saturated rings. The Balaban J connectivity index is 2.52. The van der Waals surface area contributed by atoms with Gasteiger partial charge in [-0.25, -0.2) is 0 Å². The molecule has 1 aromatic rings. The lowest BCUT2D eigenvalue weighted by atomic mass is 10.1. The van der Waals surface area contributed by atoms with Gasteiger partial charge in [0.15, 0.2) is 6.79 Å². The first-order valence-electron chi connectivity index (χ1n) is 3.89. The van der Waals surface area contributed by atoms with Gasteiger partial charge in [-0.15, -0.1) is 11.6 Å². The number of benzene rings is 1. The molecule has 0 amide bonds. The number of rotatable bonds is 1. The first-order chi connectivity index (χ1) is 6.33. The summed E-state index contributed by atoms with van der Waals surface area (Å²) in [6.45, 7) is 0.841. The fourth-order valence-electron chi connectivity index (χ4n) is 1.32. The molecule has 0 unspecified atom stereocenters. The Bertz CT molecular complexity index is 326. The van der Waals surface area contributed by atoms with E-state index in [0.29, 0.717) is 17.5 Å². The molecule has 0 saturated heterocycles. The third-order valence-corrected chi connectivity index (χ3v) is 2.58. The molecule has 0 bridgehead atoms. The minimum Gasteiger partial charge on any atom is -0.467 e. The zero-order valence-corrected chi connectivity index (χ0v) is 8.36. The van der Waals surface area contributed by atoms with Crippen LogP contribution in [0, 0.1) is 0 Å². The lowest BCUT2D eigenvalue weighted by molar-refractivity contribution is -0.0168. The summed E-state index contributed by atoms with van der Waals surface area (Å²) in [5, 5.41) is 0.649. The molecule has 1 aromatic carbocycles. The Kier molecular flexibility index (Phi) is 2.63. The molecule has 0 N–H and O–H groups in total. The maximum Gasteiger partial charge on any atom is 0.189 e. The maximum absolute atomic E-state index is 5.96. The van der Waals surface area contributed by atoms with E-state index in [4.69, 9.17) is 32.7 Å². The number of hydrogen-bond donors (Lipinski definition) is 0. The lowest BCUT2D eigenvalue weighted by Crippen LogP contribution is -2.12. The van der Waals surface area contributed by atoms with Gasteiger partial charge >= 0.3 is 0 Å². The van der Waals surface area contributed by atoms with E-state index in [9.17, 15) is 0 Å². The Morgan fingerprint density at radius 2 is 2.23 bits per heavy atom. The Hall–Kier alpha value is -0.440. The second-order valence-electron chi connectivity index (χ2n) is 2.76. The van der Waals surface area contributed by atoms with Gasteiger partial charge in [0.2, 0.25) is 0 Å². The van der Waals surface area contributed by atoms with Crippen molar-refractivity contribution in [2.24, 2.45) is 0 Å². The summed E-state index contributed by atoms with van der Waals surface area (Å²) in [5.74, 6) is 1.15. The van der Waals surface area contributed by atoms with Crippen LogP contribution >= 0.6 is 23.2 Å². The van der Waals surface area contributed by atoms with Crippen molar-refractivity contribution in [2.45, 2.75) is 12.5 Å². The summed E-state index contributed by atoms with van der Waals surface area (Å²) >= 11 is 11.7. The third kappa shape index (κ3) is 1.62. The zero-order chi connectivity index (χ0) is 9.26. The van der Waals surface area contributed by atoms with Gasteiger partial charge in [0.1, 0.15) is 5.75 Å². The molecule has 2 rings (SSSR count). The van der Waals surface area contributed by atoms with E-state index in [0.717, 1.165) is 16.9 Å². The molecule has 2 nitrogen and oxygen atoms in total. The molecule has 0 aromatic heterocycles. The van der Waals surface area contributed by atoms with Gasteiger partial charge in [-0.1, -0.05) is 17.7 Å². The van der Waals surface area contributed by atoms with Gasteiger partial charge in [0, 0.05) is 16.1 Å². The second kappa shape index (κ2) is 3.74. The van der Waals surface area contributed by atoms with Crippen molar-refractivity contribution in [1.82, 2.24) is 0 Å². The number of halogens is 2. The van der Waals surface area contributed by atoms with Crippen molar-refractivity contribution < 1.29 is 9.47 Å². The van der Waals surface area contributed by atoms with Crippen LogP contribution in [0.2, 0.25) is 5.02 Å². The van der Waals surface area contributed by atoms with Crippen molar-refractivity contribution in [2.75, 3.05) is 6.79 Å². The summed E-state index contributed by atoms with van der Waals surface area (Å²) in [6, 6.07) is 3.71. The largest absolute Gasteiger partial charge is 0.467 e. The number of alkyl halides is 1. The standard InChI is InChI=1S/C9H8Cl2O2/c10-3-7-8(11)2-1-6-4-12-5-13-9(6)7/h1-2H,3-5H2. The molecule has 1 heterocycles. The maximum atomic E-state index is 5.96. The molecule has 70 valence electrons. The molecule has 0 aliphatic carbocycles. The predicted molar refractivity (Wildman–Crippen MR) is 51.3 cm³/mol. The van der Waals surface area contributed by atoms with E-state index >= 15 is 0 Å². The van der Waals surface area contributed by atoms with Crippen molar-refractivity contribution in [3.63, 3.8) is 0 Å². The molecule has 1 aliphatic heterocycles. The summed E-state index contributed by atoms with van der Waals surface area (Å²) in [5.41, 5.74) is 1.86. The second-order valence-corrected chi connectivity index (χ2v) is 3.43. The third-order valence-electron chi connectivity index (χ3n) is 1.96. The topological polar surface area (TPSA) is 18.5 Å². The van der Waals surface area contributed by atoms with E-state index in [-0.39, 0.29) is 6.79 Å². The van der Waals surface area contributed by atoms with Crippen LogP contribution in [0.5, 0.6) is 5.75 Å². The van der Waals surface area contributed by atoms with E-state index < -0.39 is 0 Å². The summed E-state index contributed by atoms with van der Waals surface area (Å²) in [6.07, 6.45) is 0. The van der Waals surface area contributed by atoms with Crippen LogP contribution in [-0.2, 0) is 17.2 Å². The van der Waals surface area contributed by atoms with Crippen molar-refractivity contribution in [1.29, 1.82) is 0 Å². The fourth-order valence-corrected chi connectivity index (χ4v) is 1.87. The van der Waals surface area contributed by atoms with Crippen molar-refractivity contribution in [3.8, 4) is 5.75 Å². The first-order valence-corrected chi connectivity index (χ1v) is 4.81. The van der Waals surface area contributed by atoms with Crippen molar-refractivity contribution in [3.05, 3.63) is 28.3 Å². The van der Waals surface area contributed by atoms with E-state index in [1.807, 2.05) is 12.1 Å². The molecule has 1 aliphatic rings. The van der Waals surface area contributed by atoms with E-state index in [1.165, 1.54) is 0 Å². The Morgan fingerprint density at radius 1 is 1.38 bits per heavy atom. The van der Waals surface area contributed by atoms with Gasteiger partial charge in [-0.05, 0) is 6.07 Å². The highest BCUT2D eigenvalue weighted by molar-refractivity contribution is 6.32. The van der Waals surface area contributed by atoms with Crippen LogP contribution in [0.3, 0.4) is 0 Å². The molecular weight excluding hydrogens is 211 g/mol. The van der Waals surface area contributed by atoms with Crippen molar-refractivity contribution >= 4 is 23.2 Å². The van der Waals surface area contributed by atoms with Crippen LogP contribution in [0.15, 0.2) is 12.1 Å². The predicted octanol–water partition coefficient (Wildman–Crippen LogP) is 2.95. The Morgan fingerprint density at radius 3 is 3.00 bits per heavy atom. The van der Waals surface area contributed by atoms with Gasteiger partial charge in [0.25, 0.3) is 0 Å². The summed E-state index contributed by atoms with van der Waals surface area (Å²) in [4.78, 5) is 0. The van der Waals surface area contributed by atoms with Gasteiger partial charge in [-0.3, -0.25) is 0 Å². The summed E-state index contributed by atoms with van der Waals surface area (Å²) in [7, 11) is 0. The minimum atomic E-state index is 0.275. The number of fused-ring (bicyclic) bond motifs is 1. The number of hydrogen-bond acceptors (Lipinski definition) is 2. The van der Waals surface area contributed by atoms with Crippen LogP contribution in [0.25, 0.3) is 0 Å². The normalized spacial score (nSPS) is 14.9. The van der Waals surface area contributed by atoms with Gasteiger partial charge in [0.05, 0.1) is 12.5 Å². The SMILES string of the molecule is ClCc1c(Cl)ccc2c1OCOC2. The molecule has 0 spiro atoms. The highest BCUT2D eigenvalue weighted by Crippen LogP contribution is 2.34. The molecule has 0 radical (unpaired) electrons. The zero-order valence-electron chi connectivity index (χ0n) is 6.85. The quantitative estimate of drug-likeness (QED) is 0.676. The lowest BCUT2D eigenvalue weighted by Gasteiger charge is -2.20. The van der Waals surface area contributed by atoms with Crippen LogP contribution in [0.4, 0.5) is 0 Å². The monoisotopic (exact) mass is 218 g/mol. The van der Waals surface area contributed by atoms with Crippen LogP contribution < -0.4 is 4.74 Å².